The van der Waals surface area contributed by atoms with Crippen molar-refractivity contribution in [1.82, 2.24) is 10.2 Å². The summed E-state index contributed by atoms with van der Waals surface area (Å²) in [5, 5.41) is 6.34. The Balaban J connectivity index is 0.00000264. The highest BCUT2D eigenvalue weighted by Crippen LogP contribution is 2.14. The first-order valence-corrected chi connectivity index (χ1v) is 8.64. The van der Waals surface area contributed by atoms with E-state index in [1.807, 2.05) is 25.2 Å². The van der Waals surface area contributed by atoms with Crippen LogP contribution < -0.4 is 5.32 Å². The van der Waals surface area contributed by atoms with Crippen molar-refractivity contribution in [3.05, 3.63) is 57.2 Å². The van der Waals surface area contributed by atoms with E-state index in [9.17, 15) is 0 Å². The van der Waals surface area contributed by atoms with Crippen LogP contribution in [0.1, 0.15) is 10.4 Å². The molecule has 0 atom stereocenters. The number of rotatable bonds is 6. The van der Waals surface area contributed by atoms with Crippen molar-refractivity contribution in [3.63, 3.8) is 0 Å². The lowest BCUT2D eigenvalue weighted by molar-refractivity contribution is 0.487. The molecule has 1 N–H and O–H groups in total. The van der Waals surface area contributed by atoms with Gasteiger partial charge in [-0.05, 0) is 35.9 Å². The molecule has 2 rings (SSSR count). The number of guanidine groups is 1. The normalized spacial score (nSPS) is 11.0. The van der Waals surface area contributed by atoms with Gasteiger partial charge < -0.3 is 10.2 Å². The number of benzene rings is 1. The molecule has 0 aliphatic rings. The zero-order chi connectivity index (χ0) is 15.8. The van der Waals surface area contributed by atoms with Gasteiger partial charge in [0.15, 0.2) is 5.96 Å². The van der Waals surface area contributed by atoms with E-state index >= 15 is 0 Å². The standard InChI is InChI=1S/C17H22ClN3S.HI/c1-19-17(21(2)12-10-15-7-5-13-22-15)20-11-9-14-6-3-4-8-16(14)18;/h3-8,13H,9-12H2,1-2H3,(H,19,20);1H. The monoisotopic (exact) mass is 463 g/mol. The van der Waals surface area contributed by atoms with Gasteiger partial charge in [0.1, 0.15) is 0 Å². The Bertz CT molecular complexity index is 602. The van der Waals surface area contributed by atoms with E-state index in [4.69, 9.17) is 11.6 Å². The highest BCUT2D eigenvalue weighted by molar-refractivity contribution is 14.0. The molecule has 0 saturated heterocycles. The first-order valence-electron chi connectivity index (χ1n) is 7.38. The summed E-state index contributed by atoms with van der Waals surface area (Å²) in [6.45, 7) is 1.77. The molecule has 0 unspecified atom stereocenters. The van der Waals surface area contributed by atoms with Crippen molar-refractivity contribution in [3.8, 4) is 0 Å². The Morgan fingerprint density at radius 1 is 1.22 bits per heavy atom. The minimum absolute atomic E-state index is 0. The van der Waals surface area contributed by atoms with Crippen molar-refractivity contribution in [2.45, 2.75) is 12.8 Å². The van der Waals surface area contributed by atoms with E-state index in [-0.39, 0.29) is 24.0 Å². The molecule has 0 radical (unpaired) electrons. The second-order valence-electron chi connectivity index (χ2n) is 5.07. The first-order chi connectivity index (χ1) is 10.7. The van der Waals surface area contributed by atoms with Gasteiger partial charge in [-0.25, -0.2) is 0 Å². The maximum absolute atomic E-state index is 6.18. The third-order valence-electron chi connectivity index (χ3n) is 3.48. The molecule has 6 heteroatoms. The number of halogens is 2. The van der Waals surface area contributed by atoms with Crippen molar-refractivity contribution in [2.24, 2.45) is 4.99 Å². The van der Waals surface area contributed by atoms with Crippen molar-refractivity contribution >= 4 is 52.9 Å². The van der Waals surface area contributed by atoms with Crippen LogP contribution in [0.15, 0.2) is 46.8 Å². The van der Waals surface area contributed by atoms with E-state index < -0.39 is 0 Å². The number of nitrogens with one attached hydrogen (secondary N) is 1. The largest absolute Gasteiger partial charge is 0.356 e. The third-order valence-corrected chi connectivity index (χ3v) is 4.79. The van der Waals surface area contributed by atoms with Gasteiger partial charge in [-0.1, -0.05) is 35.9 Å². The summed E-state index contributed by atoms with van der Waals surface area (Å²) in [5.74, 6) is 0.920. The Labute approximate surface area is 164 Å². The molecule has 0 aliphatic carbocycles. The third kappa shape index (κ3) is 6.69. The summed E-state index contributed by atoms with van der Waals surface area (Å²) in [7, 11) is 3.89. The molecule has 0 fully saturated rings. The predicted molar refractivity (Wildman–Crippen MR) is 113 cm³/mol. The van der Waals surface area contributed by atoms with Gasteiger partial charge in [0.05, 0.1) is 0 Å². The fourth-order valence-electron chi connectivity index (χ4n) is 2.23. The molecule has 3 nitrogen and oxygen atoms in total. The van der Waals surface area contributed by atoms with Crippen LogP contribution in [0.3, 0.4) is 0 Å². The lowest BCUT2D eigenvalue weighted by atomic mass is 10.1. The van der Waals surface area contributed by atoms with Crippen LogP contribution in [0.2, 0.25) is 5.02 Å². The van der Waals surface area contributed by atoms with Crippen LogP contribution in [0.25, 0.3) is 0 Å². The van der Waals surface area contributed by atoms with Crippen LogP contribution in [0.4, 0.5) is 0 Å². The molecule has 2 aromatic rings. The fourth-order valence-corrected chi connectivity index (χ4v) is 3.16. The number of thiophene rings is 1. The van der Waals surface area contributed by atoms with Crippen LogP contribution in [0.5, 0.6) is 0 Å². The van der Waals surface area contributed by atoms with E-state index in [1.165, 1.54) is 4.88 Å². The summed E-state index contributed by atoms with van der Waals surface area (Å²) in [5.41, 5.74) is 1.16. The van der Waals surface area contributed by atoms with Crippen molar-refractivity contribution in [1.29, 1.82) is 0 Å². The van der Waals surface area contributed by atoms with E-state index in [0.717, 1.165) is 42.5 Å². The van der Waals surface area contributed by atoms with Gasteiger partial charge in [-0.15, -0.1) is 35.3 Å². The van der Waals surface area contributed by atoms with Gasteiger partial charge in [0.25, 0.3) is 0 Å². The molecule has 1 aromatic carbocycles. The van der Waals surface area contributed by atoms with Crippen LogP contribution in [-0.2, 0) is 12.8 Å². The average Bonchev–Trinajstić information content (AvgIpc) is 3.04. The number of likely N-dealkylation sites (N-methyl/N-ethyl adjacent to an activating group) is 1. The first kappa shape index (κ1) is 20.3. The lowest BCUT2D eigenvalue weighted by Gasteiger charge is -2.22. The SMILES string of the molecule is CN=C(NCCc1ccccc1Cl)N(C)CCc1cccs1.I. The Hall–Kier alpha value is -0.790. The molecular weight excluding hydrogens is 441 g/mol. The van der Waals surface area contributed by atoms with Crippen LogP contribution in [0, 0.1) is 0 Å². The molecular formula is C17H23ClIN3S. The van der Waals surface area contributed by atoms with Gasteiger partial charge in [-0.2, -0.15) is 0 Å². The summed E-state index contributed by atoms with van der Waals surface area (Å²) in [6, 6.07) is 12.2. The number of hydrogen-bond acceptors (Lipinski definition) is 2. The highest BCUT2D eigenvalue weighted by atomic mass is 127. The Morgan fingerprint density at radius 2 is 2.00 bits per heavy atom. The van der Waals surface area contributed by atoms with Gasteiger partial charge in [0, 0.05) is 37.1 Å². The molecule has 0 bridgehead atoms. The minimum atomic E-state index is 0. The summed E-state index contributed by atoms with van der Waals surface area (Å²) < 4.78 is 0. The minimum Gasteiger partial charge on any atom is -0.356 e. The molecule has 0 amide bonds. The smallest absolute Gasteiger partial charge is 0.193 e. The van der Waals surface area contributed by atoms with Crippen LogP contribution in [-0.4, -0.2) is 38.0 Å². The summed E-state index contributed by atoms with van der Waals surface area (Å²) >= 11 is 7.97. The van der Waals surface area contributed by atoms with Gasteiger partial charge in [-0.3, -0.25) is 4.99 Å². The zero-order valence-electron chi connectivity index (χ0n) is 13.5. The topological polar surface area (TPSA) is 27.6 Å². The van der Waals surface area contributed by atoms with E-state index in [1.54, 1.807) is 11.3 Å². The van der Waals surface area contributed by atoms with E-state index in [0.29, 0.717) is 0 Å². The van der Waals surface area contributed by atoms with Gasteiger partial charge in [0.2, 0.25) is 0 Å². The molecule has 0 aliphatic heterocycles. The van der Waals surface area contributed by atoms with Crippen molar-refractivity contribution < 1.29 is 0 Å². The Morgan fingerprint density at radius 3 is 2.65 bits per heavy atom. The maximum Gasteiger partial charge on any atom is 0.193 e. The van der Waals surface area contributed by atoms with E-state index in [2.05, 4.69) is 45.8 Å². The van der Waals surface area contributed by atoms with Gasteiger partial charge >= 0.3 is 0 Å². The Kier molecular flexibility index (Phi) is 9.59. The zero-order valence-corrected chi connectivity index (χ0v) is 17.4. The number of hydrogen-bond donors (Lipinski definition) is 1. The fraction of sp³-hybridized carbons (Fsp3) is 0.353. The molecule has 126 valence electrons. The number of nitrogens with zero attached hydrogens (tertiary/aromatic N) is 2. The van der Waals surface area contributed by atoms with Crippen molar-refractivity contribution in [2.75, 3.05) is 27.2 Å². The second kappa shape index (κ2) is 10.9. The average molecular weight is 464 g/mol. The quantitative estimate of drug-likeness (QED) is 0.393. The molecule has 23 heavy (non-hydrogen) atoms. The lowest BCUT2D eigenvalue weighted by Crippen LogP contribution is -2.40. The highest BCUT2D eigenvalue weighted by Gasteiger charge is 2.06. The molecule has 0 saturated carbocycles. The molecule has 1 heterocycles. The van der Waals surface area contributed by atoms with Crippen LogP contribution >= 0.6 is 46.9 Å². The summed E-state index contributed by atoms with van der Waals surface area (Å²) in [4.78, 5) is 7.90. The number of aliphatic imine (C=N–C) groups is 1. The second-order valence-corrected chi connectivity index (χ2v) is 6.51. The predicted octanol–water partition coefficient (Wildman–Crippen LogP) is 4.31. The maximum atomic E-state index is 6.18. The molecule has 0 spiro atoms. The summed E-state index contributed by atoms with van der Waals surface area (Å²) in [6.07, 6.45) is 1.93. The molecule has 1 aromatic heterocycles.